The second-order valence-electron chi connectivity index (χ2n) is 4.62. The molecule has 1 fully saturated rings. The lowest BCUT2D eigenvalue weighted by atomic mass is 9.78. The molecule has 0 saturated carbocycles. The summed E-state index contributed by atoms with van der Waals surface area (Å²) in [5.41, 5.74) is 0. The van der Waals surface area contributed by atoms with E-state index in [1.807, 2.05) is 6.92 Å². The molecule has 0 spiro atoms. The first-order valence-corrected chi connectivity index (χ1v) is 5.80. The fourth-order valence-corrected chi connectivity index (χ4v) is 2.34. The van der Waals surface area contributed by atoms with Crippen LogP contribution in [0, 0.1) is 17.8 Å². The highest BCUT2D eigenvalue weighted by molar-refractivity contribution is 5.90. The van der Waals surface area contributed by atoms with Crippen LogP contribution in [0.25, 0.3) is 0 Å². The third kappa shape index (κ3) is 3.05. The van der Waals surface area contributed by atoms with Crippen LogP contribution in [-0.4, -0.2) is 11.9 Å². The molecular weight excluding hydrogens is 192 g/mol. The molecule has 1 rings (SSSR count). The van der Waals surface area contributed by atoms with E-state index >= 15 is 0 Å². The summed E-state index contributed by atoms with van der Waals surface area (Å²) < 4.78 is 4.69. The van der Waals surface area contributed by atoms with Crippen molar-refractivity contribution in [1.29, 1.82) is 0 Å². The highest BCUT2D eigenvalue weighted by Gasteiger charge is 2.38. The average molecular weight is 212 g/mol. The van der Waals surface area contributed by atoms with Crippen molar-refractivity contribution in [3.05, 3.63) is 0 Å². The van der Waals surface area contributed by atoms with Gasteiger partial charge in [0.05, 0.1) is 5.92 Å². The SMILES string of the molecule is CCCCC(C)C1C(=O)OC(=O)CC1C. The van der Waals surface area contributed by atoms with Gasteiger partial charge in [-0.05, 0) is 18.3 Å². The minimum Gasteiger partial charge on any atom is -0.393 e. The Labute approximate surface area is 91.2 Å². The molecule has 1 heterocycles. The van der Waals surface area contributed by atoms with E-state index in [1.54, 1.807) is 0 Å². The van der Waals surface area contributed by atoms with Crippen molar-refractivity contribution in [3.63, 3.8) is 0 Å². The Morgan fingerprint density at radius 3 is 2.67 bits per heavy atom. The topological polar surface area (TPSA) is 43.4 Å². The Hall–Kier alpha value is -0.860. The third-order valence-electron chi connectivity index (χ3n) is 3.21. The molecule has 0 aromatic carbocycles. The molecular formula is C12H20O3. The van der Waals surface area contributed by atoms with Gasteiger partial charge >= 0.3 is 11.9 Å². The Balaban J connectivity index is 2.58. The molecule has 1 aliphatic heterocycles. The van der Waals surface area contributed by atoms with Crippen molar-refractivity contribution >= 4 is 11.9 Å². The van der Waals surface area contributed by atoms with Crippen LogP contribution >= 0.6 is 0 Å². The summed E-state index contributed by atoms with van der Waals surface area (Å²) in [6.45, 7) is 6.18. The maximum Gasteiger partial charge on any atom is 0.317 e. The molecule has 0 aromatic rings. The van der Waals surface area contributed by atoms with Crippen molar-refractivity contribution in [1.82, 2.24) is 0 Å². The van der Waals surface area contributed by atoms with E-state index in [0.29, 0.717) is 12.3 Å². The minimum atomic E-state index is -0.369. The number of carbonyl (C=O) groups excluding carboxylic acids is 2. The maximum atomic E-state index is 11.6. The Morgan fingerprint density at radius 2 is 2.13 bits per heavy atom. The zero-order chi connectivity index (χ0) is 11.4. The van der Waals surface area contributed by atoms with Gasteiger partial charge < -0.3 is 4.74 Å². The van der Waals surface area contributed by atoms with E-state index in [0.717, 1.165) is 19.3 Å². The lowest BCUT2D eigenvalue weighted by Gasteiger charge is -2.30. The van der Waals surface area contributed by atoms with Gasteiger partial charge in [-0.3, -0.25) is 9.59 Å². The van der Waals surface area contributed by atoms with Gasteiger partial charge in [0.2, 0.25) is 0 Å². The van der Waals surface area contributed by atoms with Crippen LogP contribution in [0.2, 0.25) is 0 Å². The number of hydrogen-bond donors (Lipinski definition) is 0. The molecule has 0 amide bonds. The number of ether oxygens (including phenoxy) is 1. The molecule has 3 atom stereocenters. The lowest BCUT2D eigenvalue weighted by molar-refractivity contribution is -0.172. The van der Waals surface area contributed by atoms with E-state index in [4.69, 9.17) is 4.74 Å². The number of hydrogen-bond acceptors (Lipinski definition) is 3. The summed E-state index contributed by atoms with van der Waals surface area (Å²) in [6, 6.07) is 0. The molecule has 0 aliphatic carbocycles. The number of carbonyl (C=O) groups is 2. The smallest absolute Gasteiger partial charge is 0.317 e. The van der Waals surface area contributed by atoms with Crippen LogP contribution in [-0.2, 0) is 14.3 Å². The van der Waals surface area contributed by atoms with Crippen molar-refractivity contribution in [2.24, 2.45) is 17.8 Å². The van der Waals surface area contributed by atoms with Gasteiger partial charge in [-0.2, -0.15) is 0 Å². The molecule has 0 radical (unpaired) electrons. The predicted octanol–water partition coefficient (Wildman–Crippen LogP) is 2.54. The van der Waals surface area contributed by atoms with E-state index < -0.39 is 0 Å². The standard InChI is InChI=1S/C12H20O3/c1-4-5-6-8(2)11-9(3)7-10(13)15-12(11)14/h8-9,11H,4-7H2,1-3H3. The van der Waals surface area contributed by atoms with Crippen LogP contribution in [0.3, 0.4) is 0 Å². The first-order chi connectivity index (χ1) is 7.06. The van der Waals surface area contributed by atoms with Crippen LogP contribution < -0.4 is 0 Å². The fourth-order valence-electron chi connectivity index (χ4n) is 2.34. The molecule has 15 heavy (non-hydrogen) atoms. The van der Waals surface area contributed by atoms with Gasteiger partial charge in [0.15, 0.2) is 0 Å². The Bertz CT molecular complexity index is 247. The van der Waals surface area contributed by atoms with Crippen molar-refractivity contribution < 1.29 is 14.3 Å². The molecule has 1 saturated heterocycles. The van der Waals surface area contributed by atoms with E-state index in [9.17, 15) is 9.59 Å². The summed E-state index contributed by atoms with van der Waals surface area (Å²) >= 11 is 0. The van der Waals surface area contributed by atoms with Crippen LogP contribution in [0.5, 0.6) is 0 Å². The van der Waals surface area contributed by atoms with E-state index in [-0.39, 0.29) is 23.8 Å². The van der Waals surface area contributed by atoms with Gasteiger partial charge in [-0.1, -0.05) is 33.6 Å². The Kier molecular flexibility index (Phi) is 4.30. The number of unbranched alkanes of at least 4 members (excludes halogenated alkanes) is 1. The summed E-state index contributed by atoms with van der Waals surface area (Å²) in [7, 11) is 0. The highest BCUT2D eigenvalue weighted by Crippen LogP contribution is 2.32. The molecule has 3 nitrogen and oxygen atoms in total. The zero-order valence-corrected chi connectivity index (χ0v) is 9.79. The molecule has 1 aliphatic rings. The first kappa shape index (κ1) is 12.2. The van der Waals surface area contributed by atoms with Crippen LogP contribution in [0.4, 0.5) is 0 Å². The van der Waals surface area contributed by atoms with Gasteiger partial charge in [0.1, 0.15) is 0 Å². The quantitative estimate of drug-likeness (QED) is 0.531. The number of esters is 2. The molecule has 3 unspecified atom stereocenters. The third-order valence-corrected chi connectivity index (χ3v) is 3.21. The molecule has 0 N–H and O–H groups in total. The van der Waals surface area contributed by atoms with Gasteiger partial charge in [0, 0.05) is 6.42 Å². The van der Waals surface area contributed by atoms with Crippen LogP contribution in [0.1, 0.15) is 46.5 Å². The second kappa shape index (κ2) is 5.29. The van der Waals surface area contributed by atoms with Crippen molar-refractivity contribution in [2.75, 3.05) is 0 Å². The summed E-state index contributed by atoms with van der Waals surface area (Å²) in [5, 5.41) is 0. The Morgan fingerprint density at radius 1 is 1.47 bits per heavy atom. The average Bonchev–Trinajstić information content (AvgIpc) is 2.12. The van der Waals surface area contributed by atoms with Crippen molar-refractivity contribution in [2.45, 2.75) is 46.5 Å². The van der Waals surface area contributed by atoms with Crippen LogP contribution in [0.15, 0.2) is 0 Å². The normalized spacial score (nSPS) is 28.7. The first-order valence-electron chi connectivity index (χ1n) is 5.80. The monoisotopic (exact) mass is 212 g/mol. The van der Waals surface area contributed by atoms with Gasteiger partial charge in [0.25, 0.3) is 0 Å². The number of cyclic esters (lactones) is 2. The zero-order valence-electron chi connectivity index (χ0n) is 9.79. The highest BCUT2D eigenvalue weighted by atomic mass is 16.6. The minimum absolute atomic E-state index is 0.0887. The van der Waals surface area contributed by atoms with Gasteiger partial charge in [-0.15, -0.1) is 0 Å². The van der Waals surface area contributed by atoms with Gasteiger partial charge in [-0.25, -0.2) is 0 Å². The summed E-state index contributed by atoms with van der Waals surface area (Å²) in [6.07, 6.45) is 3.69. The lowest BCUT2D eigenvalue weighted by Crippen LogP contribution is -2.37. The second-order valence-corrected chi connectivity index (χ2v) is 4.62. The largest absolute Gasteiger partial charge is 0.393 e. The maximum absolute atomic E-state index is 11.6. The molecule has 86 valence electrons. The van der Waals surface area contributed by atoms with E-state index in [1.165, 1.54) is 0 Å². The molecule has 3 heteroatoms. The predicted molar refractivity (Wildman–Crippen MR) is 57.1 cm³/mol. The number of rotatable bonds is 4. The molecule has 0 bridgehead atoms. The van der Waals surface area contributed by atoms with E-state index in [2.05, 4.69) is 13.8 Å². The van der Waals surface area contributed by atoms with Crippen molar-refractivity contribution in [3.8, 4) is 0 Å². The molecule has 0 aromatic heterocycles. The summed E-state index contributed by atoms with van der Waals surface area (Å²) in [4.78, 5) is 22.6. The fraction of sp³-hybridized carbons (Fsp3) is 0.833. The summed E-state index contributed by atoms with van der Waals surface area (Å²) in [5.74, 6) is -0.325.